The maximum absolute atomic E-state index is 8.06. The Hall–Kier alpha value is 0.960. The lowest BCUT2D eigenvalue weighted by atomic mass is 15.8. The summed E-state index contributed by atoms with van der Waals surface area (Å²) in [7, 11) is 1.67. The molecule has 3 nitrogen and oxygen atoms in total. The van der Waals surface area contributed by atoms with Gasteiger partial charge in [-0.3, -0.25) is 4.31 Å². The lowest BCUT2D eigenvalue weighted by Gasteiger charge is -1.98. The van der Waals surface area contributed by atoms with E-state index in [2.05, 4.69) is 16.1 Å². The van der Waals surface area contributed by atoms with E-state index in [-0.39, 0.29) is 0 Å². The van der Waals surface area contributed by atoms with Crippen molar-refractivity contribution >= 4 is 28.0 Å². The van der Waals surface area contributed by atoms with Crippen LogP contribution in [-0.4, -0.2) is 9.79 Å². The van der Waals surface area contributed by atoms with Gasteiger partial charge < -0.3 is 9.79 Å². The summed E-state index contributed by atoms with van der Waals surface area (Å²) < 4.78 is 3.89. The van der Waals surface area contributed by atoms with Crippen LogP contribution in [-0.2, 0) is 16.1 Å². The minimum absolute atomic E-state index is 1.67. The van der Waals surface area contributed by atoms with Crippen molar-refractivity contribution < 1.29 is 14.1 Å². The van der Waals surface area contributed by atoms with Crippen LogP contribution >= 0.6 is 16.2 Å². The SMILES string of the molecule is OP(O)(=S)OP. The van der Waals surface area contributed by atoms with E-state index in [1.807, 2.05) is 0 Å². The molecule has 1 unspecified atom stereocenters. The maximum atomic E-state index is 8.06. The largest absolute Gasteiger partial charge is 0.324 e. The van der Waals surface area contributed by atoms with Gasteiger partial charge in [-0.25, -0.2) is 0 Å². The molecule has 38 valence electrons. The molecule has 0 aromatic heterocycles. The zero-order chi connectivity index (χ0) is 5.21. The van der Waals surface area contributed by atoms with Crippen LogP contribution in [0.15, 0.2) is 0 Å². The third-order valence-electron chi connectivity index (χ3n) is 0.137. The van der Waals surface area contributed by atoms with Crippen molar-refractivity contribution in [3.05, 3.63) is 0 Å². The second-order valence-electron chi connectivity index (χ2n) is 0.596. The van der Waals surface area contributed by atoms with Crippen molar-refractivity contribution in [3.8, 4) is 0 Å². The molecule has 0 radical (unpaired) electrons. The Morgan fingerprint density at radius 1 is 1.67 bits per heavy atom. The molecule has 0 heterocycles. The van der Waals surface area contributed by atoms with E-state index in [0.717, 1.165) is 0 Å². The van der Waals surface area contributed by atoms with Gasteiger partial charge in [0.2, 0.25) is 0 Å². The lowest BCUT2D eigenvalue weighted by Crippen LogP contribution is -1.68. The Balaban J connectivity index is 3.48. The summed E-state index contributed by atoms with van der Waals surface area (Å²) in [6.07, 6.45) is 0. The molecule has 6 heavy (non-hydrogen) atoms. The Labute approximate surface area is 42.9 Å². The van der Waals surface area contributed by atoms with Gasteiger partial charge in [0, 0.05) is 9.47 Å². The van der Waals surface area contributed by atoms with Crippen molar-refractivity contribution in [2.45, 2.75) is 0 Å². The average Bonchev–Trinajstić information content (AvgIpc) is 1.35. The van der Waals surface area contributed by atoms with Gasteiger partial charge in [-0.1, -0.05) is 0 Å². The van der Waals surface area contributed by atoms with Crippen LogP contribution in [0, 0.1) is 0 Å². The van der Waals surface area contributed by atoms with E-state index in [4.69, 9.17) is 9.79 Å². The summed E-state index contributed by atoms with van der Waals surface area (Å²) in [5.41, 5.74) is 0. The van der Waals surface area contributed by atoms with Gasteiger partial charge in [0.05, 0.1) is 0 Å². The molecule has 0 fully saturated rings. The number of hydrogen-bond donors (Lipinski definition) is 2. The first-order valence-electron chi connectivity index (χ1n) is 1.00. The van der Waals surface area contributed by atoms with Crippen LogP contribution in [0.4, 0.5) is 0 Å². The second kappa shape index (κ2) is 2.31. The predicted molar refractivity (Wildman–Crippen MR) is 29.5 cm³/mol. The van der Waals surface area contributed by atoms with E-state index in [1.54, 1.807) is 9.47 Å². The Morgan fingerprint density at radius 2 is 1.83 bits per heavy atom. The molecular weight excluding hydrogens is 142 g/mol. The molecule has 6 heteroatoms. The zero-order valence-corrected chi connectivity index (χ0v) is 5.60. The molecule has 0 aromatic rings. The van der Waals surface area contributed by atoms with E-state index in [9.17, 15) is 0 Å². The fourth-order valence-electron chi connectivity index (χ4n) is 0. The minimum Gasteiger partial charge on any atom is -0.324 e. The summed E-state index contributed by atoms with van der Waals surface area (Å²) in [6.45, 7) is -3.35. The van der Waals surface area contributed by atoms with Gasteiger partial charge in [0.1, 0.15) is 0 Å². The van der Waals surface area contributed by atoms with Crippen LogP contribution in [0.5, 0.6) is 0 Å². The quantitative estimate of drug-likeness (QED) is 0.511. The molecule has 0 saturated carbocycles. The van der Waals surface area contributed by atoms with Gasteiger partial charge in [-0.05, 0) is 11.8 Å². The van der Waals surface area contributed by atoms with Crippen molar-refractivity contribution in [1.82, 2.24) is 0 Å². The van der Waals surface area contributed by atoms with E-state index in [0.29, 0.717) is 0 Å². The van der Waals surface area contributed by atoms with Gasteiger partial charge in [0.15, 0.2) is 0 Å². The molecule has 0 amide bonds. The van der Waals surface area contributed by atoms with Crippen molar-refractivity contribution in [2.75, 3.05) is 0 Å². The van der Waals surface area contributed by atoms with Gasteiger partial charge in [-0.2, -0.15) is 0 Å². The minimum atomic E-state index is -3.35. The van der Waals surface area contributed by atoms with Crippen LogP contribution in [0.25, 0.3) is 0 Å². The molecule has 0 rings (SSSR count). The smallest absolute Gasteiger partial charge is 0.324 e. The molecule has 1 atom stereocenters. The molecule has 0 aliphatic heterocycles. The summed E-state index contributed by atoms with van der Waals surface area (Å²) in [5, 5.41) is 0. The fraction of sp³-hybridized carbons (Fsp3) is 0. The highest BCUT2D eigenvalue weighted by molar-refractivity contribution is 8.07. The standard InChI is InChI=1S/H4O3P2S/c1-5(2,6)3-4/h4H2,(H2,1,2,6). The highest BCUT2D eigenvalue weighted by Crippen LogP contribution is 2.38. The molecule has 0 aliphatic carbocycles. The highest BCUT2D eigenvalue weighted by Gasteiger charge is 2.00. The average molecular weight is 146 g/mol. The van der Waals surface area contributed by atoms with Crippen LogP contribution in [0.1, 0.15) is 0 Å². The normalized spacial score (nSPS) is 11.8. The second-order valence-corrected chi connectivity index (χ2v) is 3.85. The summed E-state index contributed by atoms with van der Waals surface area (Å²) >= 11 is 3.97. The Kier molecular flexibility index (Phi) is 2.68. The lowest BCUT2D eigenvalue weighted by molar-refractivity contribution is 0.392. The van der Waals surface area contributed by atoms with Crippen molar-refractivity contribution in [2.24, 2.45) is 0 Å². The predicted octanol–water partition coefficient (Wildman–Crippen LogP) is 0.00220. The highest BCUT2D eigenvalue weighted by atomic mass is 32.5. The summed E-state index contributed by atoms with van der Waals surface area (Å²) in [6, 6.07) is 0. The third-order valence-corrected chi connectivity index (χ3v) is 2.01. The first kappa shape index (κ1) is 6.96. The molecule has 0 spiro atoms. The fourth-order valence-corrected chi connectivity index (χ4v) is 0. The zero-order valence-electron chi connectivity index (χ0n) is 2.74. The Bertz CT molecular complexity index is 72.9. The van der Waals surface area contributed by atoms with Crippen molar-refractivity contribution in [3.63, 3.8) is 0 Å². The molecule has 0 bridgehead atoms. The van der Waals surface area contributed by atoms with Gasteiger partial charge in [-0.15, -0.1) is 0 Å². The van der Waals surface area contributed by atoms with Crippen LogP contribution < -0.4 is 0 Å². The Morgan fingerprint density at radius 3 is 1.83 bits per heavy atom. The monoisotopic (exact) mass is 146 g/mol. The first-order valence-corrected chi connectivity index (χ1v) is 4.10. The molecule has 0 aromatic carbocycles. The summed E-state index contributed by atoms with van der Waals surface area (Å²) in [5.74, 6) is 0. The van der Waals surface area contributed by atoms with E-state index >= 15 is 0 Å². The van der Waals surface area contributed by atoms with Crippen LogP contribution in [0.3, 0.4) is 0 Å². The van der Waals surface area contributed by atoms with Crippen LogP contribution in [0.2, 0.25) is 0 Å². The third kappa shape index (κ3) is 4.96. The summed E-state index contributed by atoms with van der Waals surface area (Å²) in [4.78, 5) is 16.1. The van der Waals surface area contributed by atoms with Gasteiger partial charge >= 0.3 is 6.72 Å². The maximum Gasteiger partial charge on any atom is 0.324 e. The molecule has 2 N–H and O–H groups in total. The molecular formula is H4O3P2S. The number of rotatable bonds is 1. The molecule has 0 aliphatic rings. The topological polar surface area (TPSA) is 49.7 Å². The van der Waals surface area contributed by atoms with E-state index < -0.39 is 6.72 Å². The van der Waals surface area contributed by atoms with Gasteiger partial charge in [0.25, 0.3) is 0 Å². The van der Waals surface area contributed by atoms with E-state index in [1.165, 1.54) is 0 Å². The van der Waals surface area contributed by atoms with Crippen molar-refractivity contribution in [1.29, 1.82) is 0 Å². The number of hydrogen-bond acceptors (Lipinski definition) is 2. The molecule has 0 saturated heterocycles. The first-order chi connectivity index (χ1) is 2.56.